The van der Waals surface area contributed by atoms with Crippen LogP contribution in [-0.2, 0) is 6.54 Å². The van der Waals surface area contributed by atoms with Gasteiger partial charge in [0.15, 0.2) is 0 Å². The molecule has 10 heteroatoms. The van der Waals surface area contributed by atoms with Crippen molar-refractivity contribution in [3.63, 3.8) is 0 Å². The number of amides is 2. The van der Waals surface area contributed by atoms with Crippen LogP contribution in [0.3, 0.4) is 0 Å². The van der Waals surface area contributed by atoms with E-state index in [9.17, 15) is 9.18 Å². The predicted molar refractivity (Wildman–Crippen MR) is 120 cm³/mol. The molecule has 2 amide bonds. The van der Waals surface area contributed by atoms with Crippen molar-refractivity contribution in [1.29, 1.82) is 0 Å². The number of carbonyl (C=O) groups excluding carboxylic acids is 1. The van der Waals surface area contributed by atoms with Gasteiger partial charge in [0.05, 0.1) is 24.1 Å². The second-order valence-electron chi connectivity index (χ2n) is 7.36. The van der Waals surface area contributed by atoms with Gasteiger partial charge in [-0.05, 0) is 36.4 Å². The molecule has 1 aromatic carbocycles. The van der Waals surface area contributed by atoms with Gasteiger partial charge in [-0.1, -0.05) is 11.6 Å². The van der Waals surface area contributed by atoms with Gasteiger partial charge in [-0.25, -0.2) is 9.18 Å². The third-order valence-electron chi connectivity index (χ3n) is 5.30. The summed E-state index contributed by atoms with van der Waals surface area (Å²) in [5.41, 5.74) is 3.87. The van der Waals surface area contributed by atoms with Crippen LogP contribution in [0.2, 0.25) is 5.02 Å². The molecule has 0 saturated carbocycles. The van der Waals surface area contributed by atoms with Gasteiger partial charge in [-0.2, -0.15) is 5.10 Å². The van der Waals surface area contributed by atoms with E-state index >= 15 is 0 Å². The van der Waals surface area contributed by atoms with Gasteiger partial charge in [0, 0.05) is 48.3 Å². The lowest BCUT2D eigenvalue weighted by atomic mass is 10.1. The number of nitrogens with zero attached hydrogens (tertiary/aromatic N) is 5. The molecule has 0 atom stereocenters. The molecular formula is C22H19ClFN7O. The Bertz CT molecular complexity index is 1310. The normalized spacial score (nSPS) is 13.6. The van der Waals surface area contributed by atoms with Crippen molar-refractivity contribution in [2.24, 2.45) is 0 Å². The number of anilines is 2. The maximum absolute atomic E-state index is 14.3. The molecule has 0 spiro atoms. The molecule has 162 valence electrons. The number of benzene rings is 1. The van der Waals surface area contributed by atoms with Crippen LogP contribution < -0.4 is 10.6 Å². The molecule has 0 radical (unpaired) electrons. The van der Waals surface area contributed by atoms with Crippen molar-refractivity contribution in [2.75, 3.05) is 25.0 Å². The highest BCUT2D eigenvalue weighted by Crippen LogP contribution is 2.29. The third-order valence-corrected chi connectivity index (χ3v) is 5.54. The maximum Gasteiger partial charge on any atom is 0.317 e. The molecule has 0 bridgehead atoms. The summed E-state index contributed by atoms with van der Waals surface area (Å²) in [5.74, 6) is -0.394. The number of hydrogen-bond acceptors (Lipinski definition) is 5. The van der Waals surface area contributed by atoms with Crippen molar-refractivity contribution < 1.29 is 9.18 Å². The first-order chi connectivity index (χ1) is 15.6. The number of carbonyl (C=O) groups is 1. The number of halogens is 2. The Kier molecular flexibility index (Phi) is 5.32. The third kappa shape index (κ3) is 3.94. The van der Waals surface area contributed by atoms with Crippen LogP contribution in [0, 0.1) is 5.82 Å². The van der Waals surface area contributed by atoms with E-state index in [1.54, 1.807) is 41.7 Å². The Hall–Kier alpha value is -3.72. The summed E-state index contributed by atoms with van der Waals surface area (Å²) in [4.78, 5) is 22.3. The van der Waals surface area contributed by atoms with Gasteiger partial charge in [0.2, 0.25) is 0 Å². The van der Waals surface area contributed by atoms with Crippen LogP contribution in [-0.4, -0.2) is 50.3 Å². The Morgan fingerprint density at radius 3 is 2.84 bits per heavy atom. The number of pyridine rings is 2. The van der Waals surface area contributed by atoms with E-state index in [0.717, 1.165) is 22.4 Å². The first-order valence-electron chi connectivity index (χ1n) is 10.1. The fourth-order valence-corrected chi connectivity index (χ4v) is 3.91. The zero-order valence-electron chi connectivity index (χ0n) is 16.9. The van der Waals surface area contributed by atoms with E-state index in [0.29, 0.717) is 42.5 Å². The van der Waals surface area contributed by atoms with E-state index in [4.69, 9.17) is 11.6 Å². The molecule has 1 fully saturated rings. The Balaban J connectivity index is 1.44. The van der Waals surface area contributed by atoms with E-state index < -0.39 is 5.82 Å². The number of nitrogens with one attached hydrogen (secondary N) is 2. The van der Waals surface area contributed by atoms with E-state index in [1.165, 1.54) is 12.1 Å². The standard InChI is InChI=1S/C22H19ClFN7O/c23-14-1-2-17(24)16(11-14)19-12-15(3-5-25-19)29-18-4-6-26-20-13-28-31(21(18)20)10-9-30-8-7-27-22(30)32/h1-6,11-13H,7-10H2,(H,27,32)(H,25,26,29). The molecule has 0 unspecified atom stereocenters. The van der Waals surface area contributed by atoms with E-state index in [1.807, 2.05) is 10.7 Å². The first-order valence-corrected chi connectivity index (χ1v) is 10.5. The number of hydrogen-bond donors (Lipinski definition) is 2. The zero-order valence-corrected chi connectivity index (χ0v) is 17.7. The van der Waals surface area contributed by atoms with Gasteiger partial charge in [-0.3, -0.25) is 14.6 Å². The molecule has 1 aliphatic heterocycles. The number of fused-ring (bicyclic) bond motifs is 1. The average Bonchev–Trinajstić information content (AvgIpc) is 3.40. The minimum atomic E-state index is -0.394. The van der Waals surface area contributed by atoms with Crippen LogP contribution in [0.5, 0.6) is 0 Å². The minimum Gasteiger partial charge on any atom is -0.354 e. The SMILES string of the molecule is O=C1NCCN1CCn1ncc2nccc(Nc3ccnc(-c4cc(Cl)ccc4F)c3)c21. The second kappa shape index (κ2) is 8.43. The van der Waals surface area contributed by atoms with Gasteiger partial charge < -0.3 is 15.5 Å². The quantitative estimate of drug-likeness (QED) is 0.461. The summed E-state index contributed by atoms with van der Waals surface area (Å²) in [7, 11) is 0. The fraction of sp³-hybridized carbons (Fsp3) is 0.182. The zero-order chi connectivity index (χ0) is 22.1. The summed E-state index contributed by atoms with van der Waals surface area (Å²) < 4.78 is 16.1. The summed E-state index contributed by atoms with van der Waals surface area (Å²) in [6.45, 7) is 2.42. The Labute approximate surface area is 188 Å². The lowest BCUT2D eigenvalue weighted by molar-refractivity contribution is 0.215. The molecule has 1 saturated heterocycles. The van der Waals surface area contributed by atoms with Crippen molar-refractivity contribution in [3.8, 4) is 11.3 Å². The summed E-state index contributed by atoms with van der Waals surface area (Å²) in [6, 6.07) is 9.73. The molecule has 5 rings (SSSR count). The average molecular weight is 452 g/mol. The largest absolute Gasteiger partial charge is 0.354 e. The van der Waals surface area contributed by atoms with Crippen LogP contribution >= 0.6 is 11.6 Å². The topological polar surface area (TPSA) is 88.0 Å². The summed E-state index contributed by atoms with van der Waals surface area (Å²) in [5, 5.41) is 11.1. The van der Waals surface area contributed by atoms with Crippen LogP contribution in [0.4, 0.5) is 20.6 Å². The lowest BCUT2D eigenvalue weighted by Gasteiger charge is -2.15. The van der Waals surface area contributed by atoms with E-state index in [2.05, 4.69) is 25.7 Å². The number of rotatable bonds is 6. The van der Waals surface area contributed by atoms with Crippen molar-refractivity contribution in [1.82, 2.24) is 30.0 Å². The van der Waals surface area contributed by atoms with Crippen molar-refractivity contribution in [3.05, 3.63) is 65.8 Å². The van der Waals surface area contributed by atoms with Gasteiger partial charge in [-0.15, -0.1) is 0 Å². The highest BCUT2D eigenvalue weighted by molar-refractivity contribution is 6.30. The molecule has 2 N–H and O–H groups in total. The van der Waals surface area contributed by atoms with Crippen LogP contribution in [0.15, 0.2) is 55.0 Å². The highest BCUT2D eigenvalue weighted by atomic mass is 35.5. The summed E-state index contributed by atoms with van der Waals surface area (Å²) >= 11 is 6.04. The smallest absolute Gasteiger partial charge is 0.317 e. The molecule has 3 aromatic heterocycles. The molecule has 32 heavy (non-hydrogen) atoms. The summed E-state index contributed by atoms with van der Waals surface area (Å²) in [6.07, 6.45) is 5.01. The molecule has 4 heterocycles. The first kappa shape index (κ1) is 20.2. The molecule has 4 aromatic rings. The lowest BCUT2D eigenvalue weighted by Crippen LogP contribution is -2.31. The van der Waals surface area contributed by atoms with Crippen LogP contribution in [0.1, 0.15) is 0 Å². The van der Waals surface area contributed by atoms with E-state index in [-0.39, 0.29) is 6.03 Å². The second-order valence-corrected chi connectivity index (χ2v) is 7.79. The van der Waals surface area contributed by atoms with Gasteiger partial charge >= 0.3 is 6.03 Å². The predicted octanol–water partition coefficient (Wildman–Crippen LogP) is 4.05. The molecule has 1 aliphatic rings. The number of urea groups is 1. The van der Waals surface area contributed by atoms with Crippen molar-refractivity contribution in [2.45, 2.75) is 6.54 Å². The number of aromatic nitrogens is 4. The van der Waals surface area contributed by atoms with Gasteiger partial charge in [0.1, 0.15) is 16.9 Å². The minimum absolute atomic E-state index is 0.0597. The van der Waals surface area contributed by atoms with Crippen LogP contribution in [0.25, 0.3) is 22.3 Å². The van der Waals surface area contributed by atoms with Gasteiger partial charge in [0.25, 0.3) is 0 Å². The molecule has 8 nitrogen and oxygen atoms in total. The fourth-order valence-electron chi connectivity index (χ4n) is 3.73. The molecular weight excluding hydrogens is 433 g/mol. The highest BCUT2D eigenvalue weighted by Gasteiger charge is 2.19. The monoisotopic (exact) mass is 451 g/mol. The Morgan fingerprint density at radius 1 is 1.12 bits per heavy atom. The Morgan fingerprint density at radius 2 is 2.00 bits per heavy atom. The molecule has 0 aliphatic carbocycles. The maximum atomic E-state index is 14.3. The van der Waals surface area contributed by atoms with Crippen molar-refractivity contribution >= 4 is 40.0 Å².